The molecule has 0 aliphatic heterocycles. The van der Waals surface area contributed by atoms with Crippen molar-refractivity contribution in [2.45, 2.75) is 0 Å². The Morgan fingerprint density at radius 2 is 1.33 bits per heavy atom. The minimum Gasteiger partial charge on any atom is -0.672 e. The topological polar surface area (TPSA) is 63.2 Å². The van der Waals surface area contributed by atoms with Crippen molar-refractivity contribution in [2.24, 2.45) is 0 Å². The molecule has 6 heteroatoms. The summed E-state index contributed by atoms with van der Waals surface area (Å²) in [6, 6.07) is 0. The second-order valence-corrected chi connectivity index (χ2v) is 0.750. The van der Waals surface area contributed by atoms with E-state index in [0.29, 0.717) is 0 Å². The molecule has 0 radical (unpaired) electrons. The summed E-state index contributed by atoms with van der Waals surface area (Å²) in [5.74, 6) is 0. The minimum absolute atomic E-state index is 0. The molecule has 6 heavy (non-hydrogen) atoms. The van der Waals surface area contributed by atoms with Crippen LogP contribution in [0.25, 0.3) is 0 Å². The predicted octanol–water partition coefficient (Wildman–Crippen LogP) is -3.26. The van der Waals surface area contributed by atoms with E-state index in [9.17, 15) is 0 Å². The molecule has 0 aliphatic rings. The minimum atomic E-state index is -3.63. The molecule has 0 fully saturated rings. The molecule has 0 spiro atoms. The monoisotopic (exact) mass is 386 g/mol. The molecular weight excluding hydrogens is 386 g/mol. The van der Waals surface area contributed by atoms with Crippen molar-refractivity contribution in [3.8, 4) is 0 Å². The van der Waals surface area contributed by atoms with Crippen molar-refractivity contribution in [1.82, 2.24) is 0 Å². The first kappa shape index (κ1) is 15.7. The van der Waals surface area contributed by atoms with Crippen LogP contribution in [0.15, 0.2) is 0 Å². The van der Waals surface area contributed by atoms with Crippen molar-refractivity contribution in [1.29, 1.82) is 0 Å². The summed E-state index contributed by atoms with van der Waals surface area (Å²) in [4.78, 5) is 17.0. The molecule has 0 aliphatic carbocycles. The Bertz CT molecular complexity index is 33.8. The van der Waals surface area contributed by atoms with Crippen molar-refractivity contribution in [2.75, 3.05) is 0 Å². The molecule has 32 valence electrons. The molecular formula is InO3PtSi+3. The second-order valence-electron chi connectivity index (χ2n) is 0.250. The van der Waals surface area contributed by atoms with Crippen LogP contribution in [0, 0.1) is 0 Å². The Labute approximate surface area is 69.7 Å². The summed E-state index contributed by atoms with van der Waals surface area (Å²) in [6.45, 7) is 0. The average molecular weight is 386 g/mol. The Morgan fingerprint density at radius 3 is 1.33 bits per heavy atom. The molecule has 3 nitrogen and oxygen atoms in total. The van der Waals surface area contributed by atoms with Crippen LogP contribution in [0.2, 0.25) is 0 Å². The van der Waals surface area contributed by atoms with Gasteiger partial charge in [-0.2, -0.15) is 0 Å². The molecule has 0 aromatic heterocycles. The van der Waals surface area contributed by atoms with Crippen LogP contribution in [-0.2, 0) is 25.5 Å². The Morgan fingerprint density at radius 1 is 1.33 bits per heavy atom. The van der Waals surface area contributed by atoms with Crippen LogP contribution in [0.4, 0.5) is 0 Å². The maximum atomic E-state index is 8.52. The molecule has 0 atom stereocenters. The summed E-state index contributed by atoms with van der Waals surface area (Å²) in [5, 5.41) is 0. The smallest absolute Gasteiger partial charge is 0.672 e. The summed E-state index contributed by atoms with van der Waals surface area (Å²) in [5.41, 5.74) is 0. The third-order valence-corrected chi connectivity index (χ3v) is 0. The van der Waals surface area contributed by atoms with Gasteiger partial charge in [0.05, 0.1) is 0 Å². The van der Waals surface area contributed by atoms with E-state index in [1.54, 1.807) is 0 Å². The van der Waals surface area contributed by atoms with Crippen LogP contribution < -0.4 is 9.59 Å². The molecule has 0 bridgehead atoms. The second kappa shape index (κ2) is 9.49. The normalized spacial score (nSPS) is 4.00. The third-order valence-electron chi connectivity index (χ3n) is 0. The van der Waals surface area contributed by atoms with Crippen LogP contribution in [-0.4, -0.2) is 35.0 Å². The maximum Gasteiger partial charge on any atom is 3.00 e. The van der Waals surface area contributed by atoms with Crippen molar-refractivity contribution in [3.63, 3.8) is 0 Å². The van der Waals surface area contributed by atoms with Gasteiger partial charge in [0.1, 0.15) is 0 Å². The van der Waals surface area contributed by atoms with Gasteiger partial charge in [-0.25, -0.2) is 0 Å². The number of rotatable bonds is 0. The first-order chi connectivity index (χ1) is 1.73. The fourth-order valence-corrected chi connectivity index (χ4v) is 0. The molecule has 0 rings (SSSR count). The van der Waals surface area contributed by atoms with Gasteiger partial charge in [-0.1, -0.05) is 0 Å². The van der Waals surface area contributed by atoms with Gasteiger partial charge in [0.15, 0.2) is 0 Å². The van der Waals surface area contributed by atoms with E-state index in [1.807, 2.05) is 0 Å². The standard InChI is InChI=1S/In.O3Si.Pt/c;1-4(2)3;/q+3;-2;+2. The van der Waals surface area contributed by atoms with E-state index in [2.05, 4.69) is 0 Å². The number of hydrogen-bond donors (Lipinski definition) is 0. The van der Waals surface area contributed by atoms with Gasteiger partial charge in [0, 0.05) is 9.17 Å². The molecule has 0 saturated carbocycles. The molecule has 0 amide bonds. The van der Waals surface area contributed by atoms with Gasteiger partial charge in [-0.05, 0) is 0 Å². The van der Waals surface area contributed by atoms with E-state index >= 15 is 0 Å². The summed E-state index contributed by atoms with van der Waals surface area (Å²) in [7, 11) is -3.63. The summed E-state index contributed by atoms with van der Waals surface area (Å²) in [6.07, 6.45) is 0. The van der Waals surface area contributed by atoms with Crippen LogP contribution >= 0.6 is 0 Å². The Balaban J connectivity index is -0.0000000450. The molecule has 0 saturated heterocycles. The van der Waals surface area contributed by atoms with Crippen LogP contribution in [0.5, 0.6) is 0 Å². The fourth-order valence-electron chi connectivity index (χ4n) is 0. The largest absolute Gasteiger partial charge is 3.00 e. The van der Waals surface area contributed by atoms with Crippen molar-refractivity contribution < 1.29 is 35.1 Å². The maximum absolute atomic E-state index is 8.52. The summed E-state index contributed by atoms with van der Waals surface area (Å²) < 4.78 is 8.52. The van der Waals surface area contributed by atoms with E-state index in [4.69, 9.17) is 14.1 Å². The van der Waals surface area contributed by atoms with Gasteiger partial charge >= 0.3 is 46.9 Å². The van der Waals surface area contributed by atoms with Crippen LogP contribution in [0.3, 0.4) is 0 Å². The average Bonchev–Trinajstić information content (AvgIpc) is 0.811. The van der Waals surface area contributed by atoms with Gasteiger partial charge < -0.3 is 14.1 Å². The third kappa shape index (κ3) is 65.3. The molecule has 0 unspecified atom stereocenters. The Kier molecular flexibility index (Phi) is 24.8. The van der Waals surface area contributed by atoms with E-state index < -0.39 is 9.17 Å². The van der Waals surface area contributed by atoms with Crippen LogP contribution in [0.1, 0.15) is 0 Å². The van der Waals surface area contributed by atoms with Gasteiger partial charge in [0.25, 0.3) is 0 Å². The fraction of sp³-hybridized carbons (Fsp3) is 0. The van der Waals surface area contributed by atoms with Gasteiger partial charge in [-0.15, -0.1) is 0 Å². The van der Waals surface area contributed by atoms with Crippen molar-refractivity contribution >= 4 is 35.0 Å². The van der Waals surface area contributed by atoms with E-state index in [1.165, 1.54) is 0 Å². The SMILES string of the molecule is O=[Si]([O-])[O-].[In+3].[Pt+2]. The molecule has 0 N–H and O–H groups in total. The molecule has 0 aromatic rings. The quantitative estimate of drug-likeness (QED) is 0.411. The molecule has 0 aromatic carbocycles. The Hall–Kier alpha value is 1.18. The van der Waals surface area contributed by atoms with Gasteiger partial charge in [-0.3, -0.25) is 0 Å². The molecule has 0 heterocycles. The van der Waals surface area contributed by atoms with Crippen molar-refractivity contribution in [3.05, 3.63) is 0 Å². The zero-order valence-electron chi connectivity index (χ0n) is 2.62. The van der Waals surface area contributed by atoms with E-state index in [-0.39, 0.29) is 46.9 Å². The van der Waals surface area contributed by atoms with E-state index in [0.717, 1.165) is 0 Å². The zero-order chi connectivity index (χ0) is 3.58. The zero-order valence-corrected chi connectivity index (χ0v) is 9.19. The first-order valence-corrected chi connectivity index (χ1v) is 1.84. The first-order valence-electron chi connectivity index (χ1n) is 0.612. The van der Waals surface area contributed by atoms with Gasteiger partial charge in [0.2, 0.25) is 0 Å². The summed E-state index contributed by atoms with van der Waals surface area (Å²) >= 11 is 0. The number of hydrogen-bond acceptors (Lipinski definition) is 3. The predicted molar refractivity (Wildman–Crippen MR) is 12.2 cm³/mol.